The summed E-state index contributed by atoms with van der Waals surface area (Å²) in [4.78, 5) is 0. The van der Waals surface area contributed by atoms with Gasteiger partial charge >= 0.3 is 0 Å². The summed E-state index contributed by atoms with van der Waals surface area (Å²) in [5, 5.41) is 0. The van der Waals surface area contributed by atoms with E-state index in [0.717, 1.165) is 54.6 Å². The highest BCUT2D eigenvalue weighted by molar-refractivity contribution is 5.74. The van der Waals surface area contributed by atoms with Gasteiger partial charge < -0.3 is 0 Å². The van der Waals surface area contributed by atoms with Gasteiger partial charge in [-0.15, -0.1) is 0 Å². The van der Waals surface area contributed by atoms with Crippen molar-refractivity contribution in [3.8, 4) is 22.3 Å². The summed E-state index contributed by atoms with van der Waals surface area (Å²) in [6.07, 6.45) is 16.2. The molecule has 1 atom stereocenters. The van der Waals surface area contributed by atoms with Crippen molar-refractivity contribution in [3.63, 3.8) is 0 Å². The highest BCUT2D eigenvalue weighted by Crippen LogP contribution is 2.42. The van der Waals surface area contributed by atoms with Crippen LogP contribution in [-0.4, -0.2) is 0 Å². The average Bonchev–Trinajstić information content (AvgIpc) is 2.99. The SMILES string of the molecule is CCCCc1ccc(-c2ccc(-c3ccc(C4=CCC(C5CCC(CCC)CC5)CC4)cc3F)cc2)c(F)c1F. The summed E-state index contributed by atoms with van der Waals surface area (Å²) >= 11 is 0. The van der Waals surface area contributed by atoms with Crippen LogP contribution in [0.25, 0.3) is 27.8 Å². The molecule has 0 nitrogen and oxygen atoms in total. The largest absolute Gasteiger partial charge is 0.206 e. The summed E-state index contributed by atoms with van der Waals surface area (Å²) in [7, 11) is 0. The van der Waals surface area contributed by atoms with Crippen molar-refractivity contribution >= 4 is 5.57 Å². The number of hydrogen-bond donors (Lipinski definition) is 0. The Morgan fingerprint density at radius 1 is 0.675 bits per heavy atom. The van der Waals surface area contributed by atoms with Crippen molar-refractivity contribution in [2.75, 3.05) is 0 Å². The molecule has 0 aliphatic heterocycles. The molecule has 40 heavy (non-hydrogen) atoms. The highest BCUT2D eigenvalue weighted by Gasteiger charge is 2.28. The van der Waals surface area contributed by atoms with Crippen molar-refractivity contribution in [3.05, 3.63) is 89.3 Å². The number of unbranched alkanes of at least 4 members (excludes halogenated alkanes) is 1. The molecule has 0 aromatic heterocycles. The summed E-state index contributed by atoms with van der Waals surface area (Å²) in [6, 6.07) is 15.9. The second-order valence-electron chi connectivity index (χ2n) is 12.1. The minimum absolute atomic E-state index is 0.233. The maximum atomic E-state index is 15.3. The van der Waals surface area contributed by atoms with Crippen LogP contribution in [0.4, 0.5) is 13.2 Å². The van der Waals surface area contributed by atoms with Gasteiger partial charge in [0, 0.05) is 11.1 Å². The molecule has 1 fully saturated rings. The van der Waals surface area contributed by atoms with Crippen LogP contribution in [0.2, 0.25) is 0 Å². The Hall–Kier alpha value is -2.81. The lowest BCUT2D eigenvalue weighted by Crippen LogP contribution is -2.23. The van der Waals surface area contributed by atoms with E-state index in [-0.39, 0.29) is 11.4 Å². The summed E-state index contributed by atoms with van der Waals surface area (Å²) < 4.78 is 44.7. The number of hydrogen-bond acceptors (Lipinski definition) is 0. The summed E-state index contributed by atoms with van der Waals surface area (Å²) in [5.74, 6) is 0.750. The fraction of sp³-hybridized carbons (Fsp3) is 0.459. The van der Waals surface area contributed by atoms with Gasteiger partial charge in [0.2, 0.25) is 0 Å². The van der Waals surface area contributed by atoms with E-state index in [0.29, 0.717) is 23.1 Å². The minimum atomic E-state index is -0.816. The van der Waals surface area contributed by atoms with Crippen LogP contribution in [0, 0.1) is 35.2 Å². The molecular formula is C37H43F3. The number of benzene rings is 3. The number of aryl methyl sites for hydroxylation is 1. The van der Waals surface area contributed by atoms with Gasteiger partial charge in [0.25, 0.3) is 0 Å². The molecule has 0 amide bonds. The number of halogens is 3. The van der Waals surface area contributed by atoms with Gasteiger partial charge in [0.1, 0.15) is 5.82 Å². The van der Waals surface area contributed by atoms with E-state index >= 15 is 4.39 Å². The Labute approximate surface area is 238 Å². The van der Waals surface area contributed by atoms with E-state index in [2.05, 4.69) is 13.0 Å². The van der Waals surface area contributed by atoms with E-state index < -0.39 is 11.6 Å². The first-order valence-electron chi connectivity index (χ1n) is 15.5. The van der Waals surface area contributed by atoms with E-state index in [1.54, 1.807) is 42.5 Å². The molecule has 2 aliphatic carbocycles. The quantitative estimate of drug-likeness (QED) is 0.251. The van der Waals surface area contributed by atoms with Crippen molar-refractivity contribution in [2.24, 2.45) is 17.8 Å². The van der Waals surface area contributed by atoms with Crippen LogP contribution in [0.1, 0.15) is 95.6 Å². The molecule has 5 rings (SSSR count). The van der Waals surface area contributed by atoms with Gasteiger partial charge in [0.05, 0.1) is 0 Å². The number of allylic oxidation sites excluding steroid dienone is 2. The van der Waals surface area contributed by atoms with Crippen LogP contribution < -0.4 is 0 Å². The van der Waals surface area contributed by atoms with Gasteiger partial charge in [-0.05, 0) is 96.6 Å². The molecule has 3 aromatic rings. The average molecular weight is 545 g/mol. The van der Waals surface area contributed by atoms with E-state index in [1.807, 2.05) is 19.1 Å². The fourth-order valence-electron chi connectivity index (χ4n) is 7.05. The predicted molar refractivity (Wildman–Crippen MR) is 161 cm³/mol. The zero-order valence-corrected chi connectivity index (χ0v) is 24.1. The van der Waals surface area contributed by atoms with Crippen molar-refractivity contribution in [1.29, 1.82) is 0 Å². The Bertz CT molecular complexity index is 1310. The smallest absolute Gasteiger partial charge is 0.166 e. The van der Waals surface area contributed by atoms with Gasteiger partial charge in [-0.2, -0.15) is 0 Å². The Balaban J connectivity index is 1.25. The Morgan fingerprint density at radius 2 is 1.35 bits per heavy atom. The second kappa shape index (κ2) is 13.2. The van der Waals surface area contributed by atoms with Crippen LogP contribution in [0.15, 0.2) is 60.7 Å². The molecule has 0 saturated heterocycles. The molecule has 2 aliphatic rings. The molecule has 1 unspecified atom stereocenters. The van der Waals surface area contributed by atoms with Crippen molar-refractivity contribution < 1.29 is 13.2 Å². The normalized spacial score (nSPS) is 21.3. The zero-order valence-electron chi connectivity index (χ0n) is 24.1. The first-order valence-corrected chi connectivity index (χ1v) is 15.5. The van der Waals surface area contributed by atoms with Crippen molar-refractivity contribution in [2.45, 2.75) is 90.9 Å². The molecule has 0 N–H and O–H groups in total. The van der Waals surface area contributed by atoms with E-state index in [4.69, 9.17) is 0 Å². The molecule has 1 saturated carbocycles. The third-order valence-corrected chi connectivity index (χ3v) is 9.52. The van der Waals surface area contributed by atoms with Crippen LogP contribution in [0.5, 0.6) is 0 Å². The standard InChI is InChI=1S/C37H43F3/c1-3-5-7-31-20-23-34(37(40)36(31)39)30-18-16-29(17-19-30)33-22-21-32(24-35(33)38)28-14-12-27(13-15-28)26-10-8-25(6-4-2)9-11-26/h14,16-27H,3-13,15H2,1-2H3. The van der Waals surface area contributed by atoms with Gasteiger partial charge in [-0.3, -0.25) is 0 Å². The molecule has 3 aromatic carbocycles. The zero-order chi connectivity index (χ0) is 28.1. The first-order chi connectivity index (χ1) is 19.5. The van der Waals surface area contributed by atoms with E-state index in [1.165, 1.54) is 50.5 Å². The molecule has 0 spiro atoms. The minimum Gasteiger partial charge on any atom is -0.206 e. The predicted octanol–water partition coefficient (Wildman–Crippen LogP) is 11.6. The third-order valence-electron chi connectivity index (χ3n) is 9.52. The highest BCUT2D eigenvalue weighted by atomic mass is 19.2. The first kappa shape index (κ1) is 28.7. The molecule has 0 heterocycles. The monoisotopic (exact) mass is 544 g/mol. The van der Waals surface area contributed by atoms with Gasteiger partial charge in [-0.25, -0.2) is 13.2 Å². The molecule has 3 heteroatoms. The van der Waals surface area contributed by atoms with Gasteiger partial charge in [-0.1, -0.05) is 101 Å². The maximum Gasteiger partial charge on any atom is 0.166 e. The lowest BCUT2D eigenvalue weighted by Gasteiger charge is -2.35. The summed E-state index contributed by atoms with van der Waals surface area (Å²) in [6.45, 7) is 4.33. The maximum absolute atomic E-state index is 15.3. The van der Waals surface area contributed by atoms with Crippen LogP contribution in [-0.2, 0) is 6.42 Å². The fourth-order valence-corrected chi connectivity index (χ4v) is 7.05. The molecule has 212 valence electrons. The van der Waals surface area contributed by atoms with E-state index in [9.17, 15) is 8.78 Å². The van der Waals surface area contributed by atoms with Crippen LogP contribution >= 0.6 is 0 Å². The Morgan fingerprint density at radius 3 is 1.98 bits per heavy atom. The molecule has 0 bridgehead atoms. The van der Waals surface area contributed by atoms with Crippen molar-refractivity contribution in [1.82, 2.24) is 0 Å². The van der Waals surface area contributed by atoms with Gasteiger partial charge in [0.15, 0.2) is 11.6 Å². The topological polar surface area (TPSA) is 0 Å². The molecular weight excluding hydrogens is 501 g/mol. The number of rotatable bonds is 9. The lowest BCUT2D eigenvalue weighted by molar-refractivity contribution is 0.189. The second-order valence-corrected chi connectivity index (χ2v) is 12.1. The Kier molecular flexibility index (Phi) is 9.50. The third kappa shape index (κ3) is 6.40. The summed E-state index contributed by atoms with van der Waals surface area (Å²) in [5.41, 5.74) is 4.72. The molecule has 0 radical (unpaired) electrons. The lowest BCUT2D eigenvalue weighted by atomic mass is 9.70. The van der Waals surface area contributed by atoms with Crippen LogP contribution in [0.3, 0.4) is 0 Å².